The molecule has 0 aliphatic heterocycles. The molecule has 1 heterocycles. The molecule has 9 heavy (non-hydrogen) atoms. The van der Waals surface area contributed by atoms with E-state index in [1.165, 1.54) is 4.90 Å². The molecule has 1 aromatic heterocycles. The van der Waals surface area contributed by atoms with E-state index in [9.17, 15) is 0 Å². The van der Waals surface area contributed by atoms with Crippen molar-refractivity contribution in [2.45, 2.75) is 18.7 Å². The zero-order chi connectivity index (χ0) is 6.85. The Morgan fingerprint density at radius 2 is 2.11 bits per heavy atom. The van der Waals surface area contributed by atoms with Crippen LogP contribution in [0.1, 0.15) is 11.5 Å². The van der Waals surface area contributed by atoms with E-state index >= 15 is 0 Å². The lowest BCUT2D eigenvalue weighted by atomic mass is 10.4. The Labute approximate surface area is 59.4 Å². The molecule has 0 amide bonds. The largest absolute Gasteiger partial charge is 0.465 e. The highest BCUT2D eigenvalue weighted by Gasteiger charge is 2.00. The van der Waals surface area contributed by atoms with E-state index in [1.54, 1.807) is 11.8 Å². The normalized spacial score (nSPS) is 10.1. The third kappa shape index (κ3) is 1.30. The van der Waals surface area contributed by atoms with Crippen LogP contribution in [0.2, 0.25) is 0 Å². The minimum absolute atomic E-state index is 0.997. The Kier molecular flexibility index (Phi) is 1.86. The maximum atomic E-state index is 5.28. The highest BCUT2D eigenvalue weighted by molar-refractivity contribution is 7.98. The fraction of sp³-hybridized carbons (Fsp3) is 0.429. The molecular weight excluding hydrogens is 132 g/mol. The summed E-state index contributed by atoms with van der Waals surface area (Å²) in [6, 6.07) is 2.06. The van der Waals surface area contributed by atoms with E-state index in [2.05, 4.69) is 12.3 Å². The molecule has 0 aromatic carbocycles. The van der Waals surface area contributed by atoms with Crippen LogP contribution in [0, 0.1) is 13.8 Å². The molecule has 1 rings (SSSR count). The molecule has 0 aliphatic rings. The average molecular weight is 142 g/mol. The van der Waals surface area contributed by atoms with Crippen molar-refractivity contribution in [3.05, 3.63) is 17.6 Å². The number of hydrogen-bond acceptors (Lipinski definition) is 2. The average Bonchev–Trinajstić information content (AvgIpc) is 2.10. The number of furan rings is 1. The van der Waals surface area contributed by atoms with Gasteiger partial charge in [0.1, 0.15) is 11.5 Å². The topological polar surface area (TPSA) is 13.1 Å². The number of thioether (sulfide) groups is 1. The fourth-order valence-corrected chi connectivity index (χ4v) is 1.42. The van der Waals surface area contributed by atoms with Crippen LogP contribution in [0.4, 0.5) is 0 Å². The zero-order valence-corrected chi connectivity index (χ0v) is 6.71. The van der Waals surface area contributed by atoms with Gasteiger partial charge in [0.2, 0.25) is 0 Å². The van der Waals surface area contributed by atoms with E-state index < -0.39 is 0 Å². The van der Waals surface area contributed by atoms with Crippen LogP contribution in [0.25, 0.3) is 0 Å². The molecule has 0 bridgehead atoms. The standard InChI is InChI=1S/C7H10OS/c1-5-4-7(9-3)6(2)8-5/h4H,1-3H3. The van der Waals surface area contributed by atoms with Crippen LogP contribution in [0.5, 0.6) is 0 Å². The molecule has 2 heteroatoms. The van der Waals surface area contributed by atoms with Gasteiger partial charge in [-0.1, -0.05) is 0 Å². The quantitative estimate of drug-likeness (QED) is 0.559. The van der Waals surface area contributed by atoms with Crippen molar-refractivity contribution in [1.29, 1.82) is 0 Å². The monoisotopic (exact) mass is 142 g/mol. The third-order valence-corrected chi connectivity index (χ3v) is 2.06. The van der Waals surface area contributed by atoms with E-state index in [4.69, 9.17) is 4.42 Å². The molecule has 0 N–H and O–H groups in total. The van der Waals surface area contributed by atoms with E-state index in [0.29, 0.717) is 0 Å². The fourth-order valence-electron chi connectivity index (χ4n) is 0.810. The summed E-state index contributed by atoms with van der Waals surface area (Å²) in [6.45, 7) is 3.95. The minimum Gasteiger partial charge on any atom is -0.465 e. The van der Waals surface area contributed by atoms with Crippen LogP contribution >= 0.6 is 11.8 Å². The molecule has 0 unspecified atom stereocenters. The first-order valence-corrected chi connectivity index (χ1v) is 4.07. The molecule has 0 aliphatic carbocycles. The van der Waals surface area contributed by atoms with Crippen molar-refractivity contribution < 1.29 is 4.42 Å². The van der Waals surface area contributed by atoms with Crippen molar-refractivity contribution in [3.8, 4) is 0 Å². The Bertz CT molecular complexity index is 203. The summed E-state index contributed by atoms with van der Waals surface area (Å²) in [5, 5.41) is 0. The molecule has 1 aromatic rings. The Morgan fingerprint density at radius 3 is 2.33 bits per heavy atom. The van der Waals surface area contributed by atoms with Crippen LogP contribution in [-0.4, -0.2) is 6.26 Å². The minimum atomic E-state index is 0.997. The number of hydrogen-bond donors (Lipinski definition) is 0. The predicted octanol–water partition coefficient (Wildman–Crippen LogP) is 2.62. The first-order chi connectivity index (χ1) is 4.24. The molecule has 0 radical (unpaired) electrons. The summed E-state index contributed by atoms with van der Waals surface area (Å²) < 4.78 is 5.28. The highest BCUT2D eigenvalue weighted by atomic mass is 32.2. The zero-order valence-electron chi connectivity index (χ0n) is 5.89. The van der Waals surface area contributed by atoms with Gasteiger partial charge in [0, 0.05) is 4.90 Å². The Hall–Kier alpha value is -0.370. The predicted molar refractivity (Wildman–Crippen MR) is 40.0 cm³/mol. The third-order valence-electron chi connectivity index (χ3n) is 1.22. The summed E-state index contributed by atoms with van der Waals surface area (Å²) in [5.41, 5.74) is 0. The molecular formula is C7H10OS. The molecule has 1 nitrogen and oxygen atoms in total. The van der Waals surface area contributed by atoms with Gasteiger partial charge in [0.25, 0.3) is 0 Å². The molecule has 0 saturated heterocycles. The maximum absolute atomic E-state index is 5.28. The van der Waals surface area contributed by atoms with Crippen molar-refractivity contribution >= 4 is 11.8 Å². The molecule has 50 valence electrons. The van der Waals surface area contributed by atoms with Gasteiger partial charge in [-0.15, -0.1) is 11.8 Å². The van der Waals surface area contributed by atoms with Gasteiger partial charge in [-0.3, -0.25) is 0 Å². The molecule has 0 fully saturated rings. The van der Waals surface area contributed by atoms with Gasteiger partial charge < -0.3 is 4.42 Å². The van der Waals surface area contributed by atoms with Gasteiger partial charge in [-0.2, -0.15) is 0 Å². The summed E-state index contributed by atoms with van der Waals surface area (Å²) in [6.07, 6.45) is 2.05. The van der Waals surface area contributed by atoms with Crippen LogP contribution in [0.15, 0.2) is 15.4 Å². The number of rotatable bonds is 1. The van der Waals surface area contributed by atoms with E-state index in [-0.39, 0.29) is 0 Å². The first kappa shape index (κ1) is 6.75. The lowest BCUT2D eigenvalue weighted by molar-refractivity contribution is 0.499. The SMILES string of the molecule is CSc1cc(C)oc1C. The van der Waals surface area contributed by atoms with Crippen molar-refractivity contribution in [1.82, 2.24) is 0 Å². The summed E-state index contributed by atoms with van der Waals surface area (Å²) in [5.74, 6) is 2.02. The van der Waals surface area contributed by atoms with Crippen molar-refractivity contribution in [2.24, 2.45) is 0 Å². The Balaban J connectivity index is 3.01. The lowest BCUT2D eigenvalue weighted by Crippen LogP contribution is -1.63. The van der Waals surface area contributed by atoms with Gasteiger partial charge in [0.15, 0.2) is 0 Å². The highest BCUT2D eigenvalue weighted by Crippen LogP contribution is 2.22. The van der Waals surface area contributed by atoms with Crippen molar-refractivity contribution in [3.63, 3.8) is 0 Å². The van der Waals surface area contributed by atoms with Crippen LogP contribution in [-0.2, 0) is 0 Å². The second-order valence-electron chi connectivity index (χ2n) is 1.98. The molecule has 0 saturated carbocycles. The Morgan fingerprint density at radius 1 is 1.44 bits per heavy atom. The van der Waals surface area contributed by atoms with E-state index in [0.717, 1.165) is 11.5 Å². The van der Waals surface area contributed by atoms with Gasteiger partial charge in [-0.05, 0) is 26.2 Å². The van der Waals surface area contributed by atoms with Gasteiger partial charge >= 0.3 is 0 Å². The maximum Gasteiger partial charge on any atom is 0.114 e. The summed E-state index contributed by atoms with van der Waals surface area (Å²) in [7, 11) is 0. The summed E-state index contributed by atoms with van der Waals surface area (Å²) in [4.78, 5) is 1.24. The smallest absolute Gasteiger partial charge is 0.114 e. The van der Waals surface area contributed by atoms with Crippen molar-refractivity contribution in [2.75, 3.05) is 6.26 Å². The second kappa shape index (κ2) is 2.48. The van der Waals surface area contributed by atoms with E-state index in [1.807, 2.05) is 13.8 Å². The lowest BCUT2D eigenvalue weighted by Gasteiger charge is -1.86. The molecule has 0 atom stereocenters. The first-order valence-electron chi connectivity index (χ1n) is 2.85. The number of aryl methyl sites for hydroxylation is 2. The molecule has 0 spiro atoms. The van der Waals surface area contributed by atoms with Gasteiger partial charge in [-0.25, -0.2) is 0 Å². The second-order valence-corrected chi connectivity index (χ2v) is 2.83. The van der Waals surface area contributed by atoms with Gasteiger partial charge in [0.05, 0.1) is 0 Å². The summed E-state index contributed by atoms with van der Waals surface area (Å²) >= 11 is 1.72. The van der Waals surface area contributed by atoms with Crippen LogP contribution in [0.3, 0.4) is 0 Å². The van der Waals surface area contributed by atoms with Crippen LogP contribution < -0.4 is 0 Å².